The van der Waals surface area contributed by atoms with Crippen molar-refractivity contribution in [3.8, 4) is 0 Å². The minimum atomic E-state index is 0.730. The highest BCUT2D eigenvalue weighted by Gasteiger charge is 2.35. The van der Waals surface area contributed by atoms with E-state index in [2.05, 4.69) is 31.2 Å². The van der Waals surface area contributed by atoms with Crippen LogP contribution in [0.5, 0.6) is 0 Å². The molecule has 2 aliphatic carbocycles. The zero-order valence-corrected chi connectivity index (χ0v) is 11.2. The quantitative estimate of drug-likeness (QED) is 0.790. The van der Waals surface area contributed by atoms with Gasteiger partial charge < -0.3 is 5.32 Å². The third kappa shape index (κ3) is 2.43. The molecule has 0 saturated heterocycles. The Morgan fingerprint density at radius 3 is 2.44 bits per heavy atom. The van der Waals surface area contributed by atoms with Crippen molar-refractivity contribution in [1.29, 1.82) is 0 Å². The van der Waals surface area contributed by atoms with Crippen LogP contribution >= 0.6 is 0 Å². The van der Waals surface area contributed by atoms with Gasteiger partial charge in [0.25, 0.3) is 0 Å². The molecule has 2 fully saturated rings. The largest absolute Gasteiger partial charge is 0.315 e. The van der Waals surface area contributed by atoms with Crippen LogP contribution in [0.2, 0.25) is 0 Å². The molecule has 2 aliphatic rings. The summed E-state index contributed by atoms with van der Waals surface area (Å²) >= 11 is 0. The Morgan fingerprint density at radius 2 is 1.94 bits per heavy atom. The van der Waals surface area contributed by atoms with Crippen molar-refractivity contribution in [1.82, 2.24) is 10.2 Å². The van der Waals surface area contributed by atoms with Gasteiger partial charge in [0.1, 0.15) is 0 Å². The first-order valence-corrected chi connectivity index (χ1v) is 7.15. The van der Waals surface area contributed by atoms with E-state index in [1.807, 2.05) is 0 Å². The van der Waals surface area contributed by atoms with Gasteiger partial charge in [-0.05, 0) is 52.1 Å². The number of hydrogen-bond acceptors (Lipinski definition) is 2. The Morgan fingerprint density at radius 1 is 1.19 bits per heavy atom. The first-order chi connectivity index (χ1) is 7.76. The lowest BCUT2D eigenvalue weighted by molar-refractivity contribution is 0.0521. The summed E-state index contributed by atoms with van der Waals surface area (Å²) in [6.07, 6.45) is 9.89. The molecular formula is C14H28N2. The van der Waals surface area contributed by atoms with Crippen molar-refractivity contribution in [2.75, 3.05) is 14.1 Å². The molecule has 0 spiro atoms. The molecule has 0 aromatic rings. The molecule has 3 unspecified atom stereocenters. The lowest BCUT2D eigenvalue weighted by atomic mass is 9.78. The Labute approximate surface area is 101 Å². The Hall–Kier alpha value is -0.0800. The molecule has 0 aliphatic heterocycles. The van der Waals surface area contributed by atoms with E-state index in [0.29, 0.717) is 0 Å². The van der Waals surface area contributed by atoms with Gasteiger partial charge in [-0.3, -0.25) is 4.90 Å². The lowest BCUT2D eigenvalue weighted by Crippen LogP contribution is -2.55. The summed E-state index contributed by atoms with van der Waals surface area (Å²) in [6.45, 7) is 2.35. The molecule has 1 N–H and O–H groups in total. The van der Waals surface area contributed by atoms with E-state index in [0.717, 1.165) is 24.0 Å². The molecular weight excluding hydrogens is 196 g/mol. The maximum atomic E-state index is 3.54. The third-order valence-electron chi connectivity index (χ3n) is 5.05. The van der Waals surface area contributed by atoms with Crippen molar-refractivity contribution >= 4 is 0 Å². The summed E-state index contributed by atoms with van der Waals surface area (Å²) in [7, 11) is 4.50. The summed E-state index contributed by atoms with van der Waals surface area (Å²) in [5.74, 6) is 0.970. The van der Waals surface area contributed by atoms with Gasteiger partial charge in [-0.1, -0.05) is 19.8 Å². The molecule has 2 heteroatoms. The molecule has 2 saturated carbocycles. The fraction of sp³-hybridized carbons (Fsp3) is 1.00. The Kier molecular flexibility index (Phi) is 4.26. The number of nitrogens with one attached hydrogen (secondary N) is 1. The zero-order valence-electron chi connectivity index (χ0n) is 11.2. The molecule has 16 heavy (non-hydrogen) atoms. The predicted molar refractivity (Wildman–Crippen MR) is 69.7 cm³/mol. The Bertz CT molecular complexity index is 213. The normalized spacial score (nSPS) is 36.4. The van der Waals surface area contributed by atoms with Crippen LogP contribution in [0.25, 0.3) is 0 Å². The van der Waals surface area contributed by atoms with Crippen LogP contribution in [-0.2, 0) is 0 Å². The maximum absolute atomic E-state index is 3.54. The van der Waals surface area contributed by atoms with Gasteiger partial charge in [-0.25, -0.2) is 0 Å². The second kappa shape index (κ2) is 5.50. The fourth-order valence-corrected chi connectivity index (χ4v) is 3.45. The van der Waals surface area contributed by atoms with E-state index in [1.165, 1.54) is 44.9 Å². The second-order valence-corrected chi connectivity index (χ2v) is 5.80. The molecule has 94 valence electrons. The standard InChI is InChI=1S/C14H28N2/c1-4-11-8-9-13(15-2)14(10-11)16(3)12-6-5-7-12/h11-15H,4-10H2,1-3H3. The highest BCUT2D eigenvalue weighted by Crippen LogP contribution is 2.34. The molecule has 0 bridgehead atoms. The number of nitrogens with zero attached hydrogens (tertiary/aromatic N) is 1. The van der Waals surface area contributed by atoms with Crippen molar-refractivity contribution in [3.63, 3.8) is 0 Å². The molecule has 0 aromatic carbocycles. The second-order valence-electron chi connectivity index (χ2n) is 5.80. The van der Waals surface area contributed by atoms with Gasteiger partial charge in [0.2, 0.25) is 0 Å². The van der Waals surface area contributed by atoms with Gasteiger partial charge in [0, 0.05) is 18.1 Å². The number of hydrogen-bond donors (Lipinski definition) is 1. The average Bonchev–Trinajstić information content (AvgIpc) is 2.25. The van der Waals surface area contributed by atoms with Crippen LogP contribution in [-0.4, -0.2) is 37.1 Å². The lowest BCUT2D eigenvalue weighted by Gasteiger charge is -2.46. The van der Waals surface area contributed by atoms with Crippen LogP contribution in [0.4, 0.5) is 0 Å². The van der Waals surface area contributed by atoms with Crippen molar-refractivity contribution in [3.05, 3.63) is 0 Å². The summed E-state index contributed by atoms with van der Waals surface area (Å²) < 4.78 is 0. The molecule has 0 amide bonds. The van der Waals surface area contributed by atoms with E-state index in [-0.39, 0.29) is 0 Å². The van der Waals surface area contributed by atoms with E-state index < -0.39 is 0 Å². The minimum Gasteiger partial charge on any atom is -0.315 e. The topological polar surface area (TPSA) is 15.3 Å². The minimum absolute atomic E-state index is 0.730. The SMILES string of the molecule is CCC1CCC(NC)C(N(C)C2CCC2)C1. The van der Waals surface area contributed by atoms with Crippen LogP contribution in [0, 0.1) is 5.92 Å². The van der Waals surface area contributed by atoms with Crippen LogP contribution in [0.3, 0.4) is 0 Å². The molecule has 0 heterocycles. The average molecular weight is 224 g/mol. The van der Waals surface area contributed by atoms with Crippen LogP contribution < -0.4 is 5.32 Å². The maximum Gasteiger partial charge on any atom is 0.0251 e. The van der Waals surface area contributed by atoms with Gasteiger partial charge in [-0.2, -0.15) is 0 Å². The molecule has 3 atom stereocenters. The van der Waals surface area contributed by atoms with Gasteiger partial charge >= 0.3 is 0 Å². The molecule has 0 radical (unpaired) electrons. The third-order valence-corrected chi connectivity index (χ3v) is 5.05. The fourth-order valence-electron chi connectivity index (χ4n) is 3.45. The first-order valence-electron chi connectivity index (χ1n) is 7.15. The first kappa shape index (κ1) is 12.4. The number of likely N-dealkylation sites (N-methyl/N-ethyl adjacent to an activating group) is 2. The van der Waals surface area contributed by atoms with Gasteiger partial charge in [0.15, 0.2) is 0 Å². The predicted octanol–water partition coefficient (Wildman–Crippen LogP) is 2.64. The van der Waals surface area contributed by atoms with Crippen LogP contribution in [0.1, 0.15) is 51.9 Å². The molecule has 0 aromatic heterocycles. The van der Waals surface area contributed by atoms with E-state index in [9.17, 15) is 0 Å². The Balaban J connectivity index is 1.95. The number of rotatable bonds is 4. The summed E-state index contributed by atoms with van der Waals surface area (Å²) in [5.41, 5.74) is 0. The van der Waals surface area contributed by atoms with Crippen LogP contribution in [0.15, 0.2) is 0 Å². The zero-order chi connectivity index (χ0) is 11.5. The highest BCUT2D eigenvalue weighted by atomic mass is 15.2. The summed E-state index contributed by atoms with van der Waals surface area (Å²) in [6, 6.07) is 2.40. The van der Waals surface area contributed by atoms with Gasteiger partial charge in [0.05, 0.1) is 0 Å². The van der Waals surface area contributed by atoms with E-state index >= 15 is 0 Å². The van der Waals surface area contributed by atoms with Crippen molar-refractivity contribution in [2.45, 2.75) is 70.0 Å². The van der Waals surface area contributed by atoms with E-state index in [4.69, 9.17) is 0 Å². The van der Waals surface area contributed by atoms with Crippen molar-refractivity contribution < 1.29 is 0 Å². The highest BCUT2D eigenvalue weighted by molar-refractivity contribution is 4.93. The monoisotopic (exact) mass is 224 g/mol. The van der Waals surface area contributed by atoms with Crippen molar-refractivity contribution in [2.24, 2.45) is 5.92 Å². The smallest absolute Gasteiger partial charge is 0.0251 e. The summed E-state index contributed by atoms with van der Waals surface area (Å²) in [4.78, 5) is 2.69. The molecule has 2 rings (SSSR count). The van der Waals surface area contributed by atoms with Gasteiger partial charge in [-0.15, -0.1) is 0 Å². The summed E-state index contributed by atoms with van der Waals surface area (Å²) in [5, 5.41) is 3.54. The molecule has 2 nitrogen and oxygen atoms in total. The van der Waals surface area contributed by atoms with E-state index in [1.54, 1.807) is 0 Å².